The van der Waals surface area contributed by atoms with E-state index in [-0.39, 0.29) is 5.54 Å². The Morgan fingerprint density at radius 2 is 2.20 bits per heavy atom. The van der Waals surface area contributed by atoms with Gasteiger partial charge >= 0.3 is 0 Å². The van der Waals surface area contributed by atoms with Crippen molar-refractivity contribution in [2.24, 2.45) is 17.6 Å². The summed E-state index contributed by atoms with van der Waals surface area (Å²) in [6.07, 6.45) is 3.80. The topological polar surface area (TPSA) is 38.0 Å². The van der Waals surface area contributed by atoms with E-state index in [1.165, 1.54) is 24.8 Å². The van der Waals surface area contributed by atoms with Crippen LogP contribution in [0.25, 0.3) is 0 Å². The molecule has 0 aliphatic heterocycles. The molecule has 0 spiro atoms. The lowest BCUT2D eigenvalue weighted by atomic mass is 9.70. The third kappa shape index (κ3) is 3.05. The molecule has 88 valence electrons. The van der Waals surface area contributed by atoms with Crippen LogP contribution in [0.1, 0.15) is 40.0 Å². The Morgan fingerprint density at radius 3 is 2.67 bits per heavy atom. The van der Waals surface area contributed by atoms with Gasteiger partial charge in [-0.05, 0) is 38.0 Å². The van der Waals surface area contributed by atoms with Crippen LogP contribution in [0.2, 0.25) is 0 Å². The number of hydrogen-bond donors (Lipinski definition) is 2. The smallest absolute Gasteiger partial charge is 0.0332 e. The standard InChI is InChI=1S/C13H26N2/c1-10(2)8-15-13(9-14)6-5-11(3)7-12(13)4/h11-12,15H,1,5-9,14H2,2-4H3. The van der Waals surface area contributed by atoms with E-state index >= 15 is 0 Å². The molecule has 2 nitrogen and oxygen atoms in total. The average Bonchev–Trinajstić information content (AvgIpc) is 2.17. The van der Waals surface area contributed by atoms with Crippen LogP contribution in [-0.2, 0) is 0 Å². The van der Waals surface area contributed by atoms with E-state index in [4.69, 9.17) is 5.73 Å². The van der Waals surface area contributed by atoms with Crippen molar-refractivity contribution in [2.45, 2.75) is 45.6 Å². The van der Waals surface area contributed by atoms with E-state index in [0.29, 0.717) is 5.92 Å². The summed E-state index contributed by atoms with van der Waals surface area (Å²) in [5, 5.41) is 3.63. The fourth-order valence-electron chi connectivity index (χ4n) is 2.66. The molecule has 0 saturated heterocycles. The fraction of sp³-hybridized carbons (Fsp3) is 0.846. The van der Waals surface area contributed by atoms with Gasteiger partial charge in [0.25, 0.3) is 0 Å². The van der Waals surface area contributed by atoms with Gasteiger partial charge in [-0.15, -0.1) is 0 Å². The van der Waals surface area contributed by atoms with Gasteiger partial charge in [-0.1, -0.05) is 26.0 Å². The Labute approximate surface area is 94.3 Å². The van der Waals surface area contributed by atoms with Crippen LogP contribution < -0.4 is 11.1 Å². The molecular weight excluding hydrogens is 184 g/mol. The highest BCUT2D eigenvalue weighted by atomic mass is 15.0. The maximum absolute atomic E-state index is 5.97. The van der Waals surface area contributed by atoms with Crippen molar-refractivity contribution in [2.75, 3.05) is 13.1 Å². The van der Waals surface area contributed by atoms with E-state index in [1.54, 1.807) is 0 Å². The summed E-state index contributed by atoms with van der Waals surface area (Å²) in [6, 6.07) is 0. The van der Waals surface area contributed by atoms with Crippen LogP contribution in [0, 0.1) is 11.8 Å². The molecule has 0 radical (unpaired) electrons. The van der Waals surface area contributed by atoms with Gasteiger partial charge in [0.15, 0.2) is 0 Å². The second-order valence-corrected chi connectivity index (χ2v) is 5.45. The first-order valence-electron chi connectivity index (χ1n) is 6.09. The number of nitrogens with one attached hydrogen (secondary N) is 1. The summed E-state index contributed by atoms with van der Waals surface area (Å²) in [4.78, 5) is 0. The molecule has 0 aromatic rings. The lowest BCUT2D eigenvalue weighted by molar-refractivity contribution is 0.133. The normalized spacial score (nSPS) is 36.5. The van der Waals surface area contributed by atoms with Crippen LogP contribution >= 0.6 is 0 Å². The van der Waals surface area contributed by atoms with Crippen molar-refractivity contribution in [1.29, 1.82) is 0 Å². The van der Waals surface area contributed by atoms with E-state index in [1.807, 2.05) is 0 Å². The molecule has 1 aliphatic rings. The summed E-state index contributed by atoms with van der Waals surface area (Å²) < 4.78 is 0. The number of hydrogen-bond acceptors (Lipinski definition) is 2. The van der Waals surface area contributed by atoms with Crippen molar-refractivity contribution in [3.63, 3.8) is 0 Å². The summed E-state index contributed by atoms with van der Waals surface area (Å²) in [7, 11) is 0. The summed E-state index contributed by atoms with van der Waals surface area (Å²) in [5.41, 5.74) is 7.31. The summed E-state index contributed by atoms with van der Waals surface area (Å²) in [5.74, 6) is 1.52. The first-order valence-corrected chi connectivity index (χ1v) is 6.09. The van der Waals surface area contributed by atoms with E-state index in [9.17, 15) is 0 Å². The molecule has 0 amide bonds. The second-order valence-electron chi connectivity index (χ2n) is 5.45. The highest BCUT2D eigenvalue weighted by Gasteiger charge is 2.38. The maximum atomic E-state index is 5.97. The Balaban J connectivity index is 2.62. The van der Waals surface area contributed by atoms with Crippen LogP contribution in [-0.4, -0.2) is 18.6 Å². The zero-order valence-corrected chi connectivity index (χ0v) is 10.5. The van der Waals surface area contributed by atoms with Gasteiger partial charge < -0.3 is 11.1 Å². The molecule has 0 bridgehead atoms. The Hall–Kier alpha value is -0.340. The van der Waals surface area contributed by atoms with Crippen LogP contribution in [0.3, 0.4) is 0 Å². The number of nitrogens with two attached hydrogens (primary N) is 1. The van der Waals surface area contributed by atoms with Gasteiger partial charge in [0.05, 0.1) is 0 Å². The Kier molecular flexibility index (Phi) is 4.35. The first kappa shape index (κ1) is 12.7. The largest absolute Gasteiger partial charge is 0.329 e. The highest BCUT2D eigenvalue weighted by molar-refractivity contribution is 5.02. The van der Waals surface area contributed by atoms with Gasteiger partial charge in [0.1, 0.15) is 0 Å². The van der Waals surface area contributed by atoms with E-state index in [0.717, 1.165) is 19.0 Å². The lowest BCUT2D eigenvalue weighted by Gasteiger charge is -2.45. The Morgan fingerprint density at radius 1 is 1.53 bits per heavy atom. The molecule has 3 unspecified atom stereocenters. The minimum atomic E-state index is 0.158. The molecule has 1 rings (SSSR count). The average molecular weight is 210 g/mol. The molecular formula is C13H26N2. The zero-order valence-electron chi connectivity index (χ0n) is 10.5. The molecule has 1 fully saturated rings. The molecule has 0 aromatic heterocycles. The minimum absolute atomic E-state index is 0.158. The third-order valence-electron chi connectivity index (χ3n) is 3.89. The third-order valence-corrected chi connectivity index (χ3v) is 3.89. The monoisotopic (exact) mass is 210 g/mol. The molecule has 1 saturated carbocycles. The molecule has 0 heterocycles. The molecule has 3 atom stereocenters. The second kappa shape index (κ2) is 5.13. The first-order chi connectivity index (χ1) is 7.00. The predicted octanol–water partition coefficient (Wildman–Crippen LogP) is 2.31. The fourth-order valence-corrected chi connectivity index (χ4v) is 2.66. The number of rotatable bonds is 4. The molecule has 1 aliphatic carbocycles. The van der Waals surface area contributed by atoms with Crippen LogP contribution in [0.15, 0.2) is 12.2 Å². The van der Waals surface area contributed by atoms with Gasteiger partial charge in [0, 0.05) is 18.6 Å². The molecule has 2 heteroatoms. The van der Waals surface area contributed by atoms with Gasteiger partial charge in [-0.2, -0.15) is 0 Å². The highest BCUT2D eigenvalue weighted by Crippen LogP contribution is 2.36. The van der Waals surface area contributed by atoms with E-state index in [2.05, 4.69) is 32.7 Å². The molecule has 3 N–H and O–H groups in total. The van der Waals surface area contributed by atoms with Gasteiger partial charge in [0.2, 0.25) is 0 Å². The maximum Gasteiger partial charge on any atom is 0.0332 e. The van der Waals surface area contributed by atoms with Crippen molar-refractivity contribution in [3.8, 4) is 0 Å². The van der Waals surface area contributed by atoms with Crippen LogP contribution in [0.5, 0.6) is 0 Å². The molecule has 0 aromatic carbocycles. The van der Waals surface area contributed by atoms with Crippen molar-refractivity contribution in [1.82, 2.24) is 5.32 Å². The quantitative estimate of drug-likeness (QED) is 0.699. The van der Waals surface area contributed by atoms with E-state index < -0.39 is 0 Å². The minimum Gasteiger partial charge on any atom is -0.329 e. The summed E-state index contributed by atoms with van der Waals surface area (Å²) in [6.45, 7) is 12.3. The lowest BCUT2D eigenvalue weighted by Crippen LogP contribution is -2.58. The van der Waals surface area contributed by atoms with Crippen molar-refractivity contribution in [3.05, 3.63) is 12.2 Å². The SMILES string of the molecule is C=C(C)CNC1(CN)CCC(C)CC1C. The predicted molar refractivity (Wildman–Crippen MR) is 66.8 cm³/mol. The van der Waals surface area contributed by atoms with Gasteiger partial charge in [-0.3, -0.25) is 0 Å². The van der Waals surface area contributed by atoms with Gasteiger partial charge in [-0.25, -0.2) is 0 Å². The van der Waals surface area contributed by atoms with Crippen LogP contribution in [0.4, 0.5) is 0 Å². The van der Waals surface area contributed by atoms with Crippen molar-refractivity contribution < 1.29 is 0 Å². The molecule has 15 heavy (non-hydrogen) atoms. The Bertz CT molecular complexity index is 225. The van der Waals surface area contributed by atoms with Crippen molar-refractivity contribution >= 4 is 0 Å². The summed E-state index contributed by atoms with van der Waals surface area (Å²) >= 11 is 0. The zero-order chi connectivity index (χ0) is 11.5.